The largest absolute Gasteiger partial charge is 0.368 e. The quantitative estimate of drug-likeness (QED) is 0.616. The van der Waals surface area contributed by atoms with Crippen LogP contribution in [0.4, 0.5) is 17.5 Å². The van der Waals surface area contributed by atoms with Gasteiger partial charge in [0.15, 0.2) is 0 Å². The second-order valence-electron chi connectivity index (χ2n) is 4.94. The van der Waals surface area contributed by atoms with Gasteiger partial charge in [0, 0.05) is 33.1 Å². The van der Waals surface area contributed by atoms with Crippen molar-refractivity contribution in [3.63, 3.8) is 0 Å². The van der Waals surface area contributed by atoms with Crippen LogP contribution in [0.5, 0.6) is 0 Å². The van der Waals surface area contributed by atoms with E-state index >= 15 is 0 Å². The van der Waals surface area contributed by atoms with Gasteiger partial charge in [-0.2, -0.15) is 4.98 Å². The second-order valence-corrected chi connectivity index (χ2v) is 4.94. The molecule has 2 rings (SSSR count). The van der Waals surface area contributed by atoms with Crippen LogP contribution in [-0.2, 0) is 4.79 Å². The number of amides is 1. The molecule has 0 spiro atoms. The lowest BCUT2D eigenvalue weighted by molar-refractivity contribution is -0.385. The number of nitrogens with two attached hydrogens (primary N) is 1. The highest BCUT2D eigenvalue weighted by atomic mass is 16.6. The Morgan fingerprint density at radius 1 is 1.29 bits per heavy atom. The van der Waals surface area contributed by atoms with Gasteiger partial charge in [0.2, 0.25) is 17.7 Å². The summed E-state index contributed by atoms with van der Waals surface area (Å²) in [5.41, 5.74) is 5.73. The predicted octanol–water partition coefficient (Wildman–Crippen LogP) is 0.334. The standard InChI is InChI=1S/C12H18N6O3/c1-8-10(18(20)21)11(15-12(13)14-8)17-5-3-4-16(6-7-17)9(2)19/h3-7H2,1-2H3,(H2,13,14,15). The van der Waals surface area contributed by atoms with Gasteiger partial charge in [-0.25, -0.2) is 4.98 Å². The van der Waals surface area contributed by atoms with Crippen molar-refractivity contribution >= 4 is 23.4 Å². The molecule has 1 aliphatic heterocycles. The molecular weight excluding hydrogens is 276 g/mol. The number of anilines is 2. The molecule has 9 nitrogen and oxygen atoms in total. The van der Waals surface area contributed by atoms with E-state index in [1.807, 2.05) is 0 Å². The molecular formula is C12H18N6O3. The third-order valence-electron chi connectivity index (χ3n) is 3.48. The fraction of sp³-hybridized carbons (Fsp3) is 0.583. The minimum Gasteiger partial charge on any atom is -0.368 e. The first-order valence-corrected chi connectivity index (χ1v) is 6.69. The van der Waals surface area contributed by atoms with Crippen LogP contribution >= 0.6 is 0 Å². The monoisotopic (exact) mass is 294 g/mol. The van der Waals surface area contributed by atoms with Crippen molar-refractivity contribution in [2.45, 2.75) is 20.3 Å². The summed E-state index contributed by atoms with van der Waals surface area (Å²) in [5, 5.41) is 11.2. The van der Waals surface area contributed by atoms with E-state index in [4.69, 9.17) is 5.73 Å². The van der Waals surface area contributed by atoms with Gasteiger partial charge in [-0.1, -0.05) is 0 Å². The minimum absolute atomic E-state index is 0.00438. The highest BCUT2D eigenvalue weighted by Gasteiger charge is 2.27. The number of nitrogens with zero attached hydrogens (tertiary/aromatic N) is 5. The van der Waals surface area contributed by atoms with Crippen molar-refractivity contribution < 1.29 is 9.72 Å². The van der Waals surface area contributed by atoms with Crippen LogP contribution in [0.15, 0.2) is 0 Å². The molecule has 1 fully saturated rings. The molecule has 0 radical (unpaired) electrons. The van der Waals surface area contributed by atoms with Crippen molar-refractivity contribution in [3.05, 3.63) is 15.8 Å². The SMILES string of the molecule is CC(=O)N1CCCN(c2nc(N)nc(C)c2[N+](=O)[O-])CC1. The Morgan fingerprint density at radius 3 is 2.62 bits per heavy atom. The van der Waals surface area contributed by atoms with Gasteiger partial charge < -0.3 is 15.5 Å². The van der Waals surface area contributed by atoms with Crippen molar-refractivity contribution in [1.29, 1.82) is 0 Å². The first-order chi connectivity index (χ1) is 9.90. The summed E-state index contributed by atoms with van der Waals surface area (Å²) < 4.78 is 0. The summed E-state index contributed by atoms with van der Waals surface area (Å²) >= 11 is 0. The van der Waals surface area contributed by atoms with Crippen LogP contribution in [0.3, 0.4) is 0 Å². The van der Waals surface area contributed by atoms with E-state index in [-0.39, 0.29) is 29.1 Å². The number of nitro groups is 1. The lowest BCUT2D eigenvalue weighted by Gasteiger charge is -2.22. The summed E-state index contributed by atoms with van der Waals surface area (Å²) in [4.78, 5) is 33.6. The van der Waals surface area contributed by atoms with Gasteiger partial charge in [0.05, 0.1) is 4.92 Å². The van der Waals surface area contributed by atoms with Crippen LogP contribution in [0.25, 0.3) is 0 Å². The average molecular weight is 294 g/mol. The molecule has 1 saturated heterocycles. The maximum absolute atomic E-state index is 11.4. The average Bonchev–Trinajstić information content (AvgIpc) is 2.62. The van der Waals surface area contributed by atoms with Gasteiger partial charge in [-0.15, -0.1) is 0 Å². The highest BCUT2D eigenvalue weighted by Crippen LogP contribution is 2.29. The Morgan fingerprint density at radius 2 is 2.00 bits per heavy atom. The zero-order valence-corrected chi connectivity index (χ0v) is 12.1. The number of carbonyl (C=O) groups is 1. The summed E-state index contributed by atoms with van der Waals surface area (Å²) in [7, 11) is 0. The topological polar surface area (TPSA) is 118 Å². The summed E-state index contributed by atoms with van der Waals surface area (Å²) in [6.07, 6.45) is 0.722. The molecule has 114 valence electrons. The Kier molecular flexibility index (Phi) is 4.20. The second kappa shape index (κ2) is 5.90. The summed E-state index contributed by atoms with van der Waals surface area (Å²) in [5.74, 6) is 0.251. The van der Waals surface area contributed by atoms with E-state index in [0.29, 0.717) is 26.2 Å². The maximum Gasteiger partial charge on any atom is 0.332 e. The molecule has 0 bridgehead atoms. The van der Waals surface area contributed by atoms with Gasteiger partial charge in [-0.05, 0) is 13.3 Å². The van der Waals surface area contributed by atoms with E-state index < -0.39 is 4.92 Å². The van der Waals surface area contributed by atoms with Crippen molar-refractivity contribution in [2.24, 2.45) is 0 Å². The number of hydrogen-bond donors (Lipinski definition) is 1. The number of nitrogen functional groups attached to an aromatic ring is 1. The van der Waals surface area contributed by atoms with Crippen LogP contribution in [0.2, 0.25) is 0 Å². The first-order valence-electron chi connectivity index (χ1n) is 6.69. The Bertz CT molecular complexity index is 576. The number of carbonyl (C=O) groups excluding carboxylic acids is 1. The van der Waals surface area contributed by atoms with E-state index in [0.717, 1.165) is 6.42 Å². The molecule has 1 aromatic rings. The molecule has 0 unspecified atom stereocenters. The number of aromatic nitrogens is 2. The van der Waals surface area contributed by atoms with Crippen molar-refractivity contribution in [3.8, 4) is 0 Å². The van der Waals surface area contributed by atoms with Gasteiger partial charge in [0.1, 0.15) is 5.69 Å². The van der Waals surface area contributed by atoms with Crippen LogP contribution in [-0.4, -0.2) is 51.9 Å². The minimum atomic E-state index is -0.488. The van der Waals surface area contributed by atoms with E-state index in [2.05, 4.69) is 9.97 Å². The number of hydrogen-bond acceptors (Lipinski definition) is 7. The molecule has 9 heteroatoms. The fourth-order valence-electron chi connectivity index (χ4n) is 2.45. The van der Waals surface area contributed by atoms with Crippen LogP contribution in [0, 0.1) is 17.0 Å². The molecule has 2 N–H and O–H groups in total. The Hall–Kier alpha value is -2.45. The van der Waals surface area contributed by atoms with E-state index in [9.17, 15) is 14.9 Å². The zero-order chi connectivity index (χ0) is 15.6. The number of aryl methyl sites for hydroxylation is 1. The fourth-order valence-corrected chi connectivity index (χ4v) is 2.45. The lowest BCUT2D eigenvalue weighted by Crippen LogP contribution is -2.34. The molecule has 2 heterocycles. The number of rotatable bonds is 2. The van der Waals surface area contributed by atoms with Gasteiger partial charge in [-0.3, -0.25) is 14.9 Å². The first kappa shape index (κ1) is 14.9. The normalized spacial score (nSPS) is 15.7. The predicted molar refractivity (Wildman–Crippen MR) is 76.9 cm³/mol. The van der Waals surface area contributed by atoms with Crippen LogP contribution < -0.4 is 10.6 Å². The van der Waals surface area contributed by atoms with E-state index in [1.54, 1.807) is 16.7 Å². The van der Waals surface area contributed by atoms with E-state index in [1.165, 1.54) is 6.92 Å². The smallest absolute Gasteiger partial charge is 0.332 e. The molecule has 21 heavy (non-hydrogen) atoms. The molecule has 1 amide bonds. The van der Waals surface area contributed by atoms with Gasteiger partial charge in [0.25, 0.3) is 0 Å². The summed E-state index contributed by atoms with van der Waals surface area (Å²) in [6, 6.07) is 0. The third kappa shape index (κ3) is 3.18. The Balaban J connectivity index is 2.33. The lowest BCUT2D eigenvalue weighted by atomic mass is 10.3. The molecule has 0 atom stereocenters. The molecule has 0 aliphatic carbocycles. The van der Waals surface area contributed by atoms with Crippen LogP contribution in [0.1, 0.15) is 19.0 Å². The molecule has 1 aromatic heterocycles. The maximum atomic E-state index is 11.4. The summed E-state index contributed by atoms with van der Waals surface area (Å²) in [6.45, 7) is 5.27. The Labute approximate surface area is 121 Å². The molecule has 0 saturated carbocycles. The van der Waals surface area contributed by atoms with Gasteiger partial charge >= 0.3 is 5.69 Å². The molecule has 1 aliphatic rings. The molecule has 0 aromatic carbocycles. The highest BCUT2D eigenvalue weighted by molar-refractivity contribution is 5.73. The van der Waals surface area contributed by atoms with Crippen molar-refractivity contribution in [1.82, 2.24) is 14.9 Å². The van der Waals surface area contributed by atoms with Crippen molar-refractivity contribution in [2.75, 3.05) is 36.8 Å². The zero-order valence-electron chi connectivity index (χ0n) is 12.1. The third-order valence-corrected chi connectivity index (χ3v) is 3.48.